The van der Waals surface area contributed by atoms with E-state index < -0.39 is 15.8 Å². The molecule has 0 fully saturated rings. The fraction of sp³-hybridized carbons (Fsp3) is 0.462. The number of halogens is 1. The molecular weight excluding hydrogens is 555 g/mol. The van der Waals surface area contributed by atoms with Gasteiger partial charge in [-0.15, -0.1) is 5.10 Å². The summed E-state index contributed by atoms with van der Waals surface area (Å²) in [6, 6.07) is 2.65. The van der Waals surface area contributed by atoms with Gasteiger partial charge in [0, 0.05) is 44.1 Å². The van der Waals surface area contributed by atoms with Crippen molar-refractivity contribution >= 4 is 27.3 Å². The van der Waals surface area contributed by atoms with Crippen molar-refractivity contribution in [3.05, 3.63) is 42.2 Å². The van der Waals surface area contributed by atoms with Gasteiger partial charge in [0.15, 0.2) is 11.6 Å². The van der Waals surface area contributed by atoms with Crippen LogP contribution in [0.5, 0.6) is 5.75 Å². The van der Waals surface area contributed by atoms with Crippen LogP contribution in [0.25, 0.3) is 16.9 Å². The number of ether oxygens (including phenoxy) is 2. The van der Waals surface area contributed by atoms with Gasteiger partial charge in [0.25, 0.3) is 0 Å². The minimum atomic E-state index is -3.95. The first-order valence-corrected chi connectivity index (χ1v) is 14.6. The van der Waals surface area contributed by atoms with Crippen LogP contribution in [-0.2, 0) is 14.8 Å². The van der Waals surface area contributed by atoms with Gasteiger partial charge in [0.2, 0.25) is 21.6 Å². The van der Waals surface area contributed by atoms with Gasteiger partial charge in [0.1, 0.15) is 18.2 Å². The molecule has 41 heavy (non-hydrogen) atoms. The van der Waals surface area contributed by atoms with E-state index in [2.05, 4.69) is 25.5 Å². The van der Waals surface area contributed by atoms with Crippen molar-refractivity contribution in [3.63, 3.8) is 0 Å². The predicted octanol–water partition coefficient (Wildman–Crippen LogP) is 3.52. The lowest BCUT2D eigenvalue weighted by Crippen LogP contribution is -2.29. The van der Waals surface area contributed by atoms with Gasteiger partial charge in [0.05, 0.1) is 22.9 Å². The molecule has 0 radical (unpaired) electrons. The number of fused-ring (bicyclic) bond motifs is 1. The molecule has 0 bridgehead atoms. The van der Waals surface area contributed by atoms with Crippen LogP contribution in [0, 0.1) is 12.7 Å². The summed E-state index contributed by atoms with van der Waals surface area (Å²) >= 11 is 0. The van der Waals surface area contributed by atoms with Crippen molar-refractivity contribution in [1.82, 2.24) is 33.7 Å². The summed E-state index contributed by atoms with van der Waals surface area (Å²) in [7, 11) is -2.56. The Morgan fingerprint density at radius 2 is 2.00 bits per heavy atom. The largest absolute Gasteiger partial charge is 0.485 e. The Morgan fingerprint density at radius 3 is 2.68 bits per heavy atom. The Hall–Kier alpha value is -3.66. The topological polar surface area (TPSA) is 149 Å². The van der Waals surface area contributed by atoms with Crippen molar-refractivity contribution in [2.75, 3.05) is 32.1 Å². The number of benzene rings is 1. The molecule has 3 aromatic heterocycles. The SMILES string of the molecule is CCOC(C)n1cc(-c2ncn3nc(Nc4ccc(S(=O)(=O)N(C)CCCO)c(C)c4F)nc3c2OC(C)C)cn1. The third-order valence-corrected chi connectivity index (χ3v) is 8.26. The Balaban J connectivity index is 1.68. The van der Waals surface area contributed by atoms with Crippen LogP contribution < -0.4 is 10.1 Å². The van der Waals surface area contributed by atoms with Gasteiger partial charge < -0.3 is 19.9 Å². The summed E-state index contributed by atoms with van der Waals surface area (Å²) in [5.41, 5.74) is 1.48. The zero-order chi connectivity index (χ0) is 29.9. The quantitative estimate of drug-likeness (QED) is 0.237. The summed E-state index contributed by atoms with van der Waals surface area (Å²) in [4.78, 5) is 8.90. The van der Waals surface area contributed by atoms with Crippen LogP contribution in [0.4, 0.5) is 16.0 Å². The molecule has 1 unspecified atom stereocenters. The van der Waals surface area contributed by atoms with Crippen LogP contribution in [0.15, 0.2) is 35.7 Å². The highest BCUT2D eigenvalue weighted by Gasteiger charge is 2.26. The summed E-state index contributed by atoms with van der Waals surface area (Å²) in [5.74, 6) is -0.323. The standard InChI is InChI=1S/C26H35FN8O5S/c1-7-39-18(5)34-14-19(13-29-34)23-24(40-16(2)3)25-31-26(32-35(25)15-28-23)30-20-9-10-21(17(4)22(20)27)41(37,38)33(6)11-8-12-36/h9-10,13-16,18,36H,7-8,11-12H2,1-6H3,(H,30,32). The van der Waals surface area contributed by atoms with E-state index in [1.165, 1.54) is 36.9 Å². The van der Waals surface area contributed by atoms with Gasteiger partial charge in [-0.2, -0.15) is 14.6 Å². The first kappa shape index (κ1) is 30.3. The maximum atomic E-state index is 15.4. The number of rotatable bonds is 13. The molecule has 0 saturated carbocycles. The summed E-state index contributed by atoms with van der Waals surface area (Å²) in [6.07, 6.45) is 4.72. The highest BCUT2D eigenvalue weighted by Crippen LogP contribution is 2.34. The molecule has 1 aromatic carbocycles. The van der Waals surface area contributed by atoms with E-state index in [-0.39, 0.29) is 54.0 Å². The van der Waals surface area contributed by atoms with Crippen molar-refractivity contribution in [3.8, 4) is 17.0 Å². The van der Waals surface area contributed by atoms with E-state index in [0.29, 0.717) is 29.3 Å². The van der Waals surface area contributed by atoms with Gasteiger partial charge >= 0.3 is 0 Å². The number of aromatic nitrogens is 6. The van der Waals surface area contributed by atoms with Gasteiger partial charge in [-0.25, -0.2) is 26.8 Å². The van der Waals surface area contributed by atoms with Crippen molar-refractivity contribution in [2.45, 2.75) is 58.3 Å². The van der Waals surface area contributed by atoms with E-state index in [4.69, 9.17) is 14.6 Å². The van der Waals surface area contributed by atoms with Crippen molar-refractivity contribution < 1.29 is 27.4 Å². The maximum Gasteiger partial charge on any atom is 0.247 e. The third kappa shape index (κ3) is 6.32. The van der Waals surface area contributed by atoms with E-state index in [1.807, 2.05) is 27.7 Å². The van der Waals surface area contributed by atoms with Crippen LogP contribution in [0.2, 0.25) is 0 Å². The molecule has 4 rings (SSSR count). The normalized spacial score (nSPS) is 12.9. The second-order valence-electron chi connectivity index (χ2n) is 9.64. The number of nitrogens with zero attached hydrogens (tertiary/aromatic N) is 7. The third-order valence-electron chi connectivity index (χ3n) is 6.26. The van der Waals surface area contributed by atoms with Crippen LogP contribution in [0.1, 0.15) is 45.9 Å². The molecule has 2 N–H and O–H groups in total. The minimum absolute atomic E-state index is 0.000987. The lowest BCUT2D eigenvalue weighted by Gasteiger charge is -2.19. The van der Waals surface area contributed by atoms with Crippen LogP contribution >= 0.6 is 0 Å². The Morgan fingerprint density at radius 1 is 1.24 bits per heavy atom. The van der Waals surface area contributed by atoms with Gasteiger partial charge in [-0.3, -0.25) is 0 Å². The fourth-order valence-electron chi connectivity index (χ4n) is 4.16. The van der Waals surface area contributed by atoms with Gasteiger partial charge in [-0.1, -0.05) is 0 Å². The number of aliphatic hydroxyl groups is 1. The van der Waals surface area contributed by atoms with Crippen LogP contribution in [0.3, 0.4) is 0 Å². The zero-order valence-electron chi connectivity index (χ0n) is 23.9. The van der Waals surface area contributed by atoms with E-state index >= 15 is 4.39 Å². The smallest absolute Gasteiger partial charge is 0.247 e. The average molecular weight is 591 g/mol. The Bertz CT molecular complexity index is 1620. The maximum absolute atomic E-state index is 15.4. The lowest BCUT2D eigenvalue weighted by molar-refractivity contribution is 0.0160. The van der Waals surface area contributed by atoms with E-state index in [9.17, 15) is 8.42 Å². The first-order chi connectivity index (χ1) is 19.5. The summed E-state index contributed by atoms with van der Waals surface area (Å²) in [5, 5.41) is 20.6. The number of sulfonamides is 1. The number of hydrogen-bond acceptors (Lipinski definition) is 10. The Kier molecular flexibility index (Phi) is 9.21. The minimum Gasteiger partial charge on any atom is -0.485 e. The monoisotopic (exact) mass is 590 g/mol. The van der Waals surface area contributed by atoms with E-state index in [0.717, 1.165) is 4.31 Å². The van der Waals surface area contributed by atoms with Crippen LogP contribution in [-0.4, -0.2) is 80.1 Å². The highest BCUT2D eigenvalue weighted by molar-refractivity contribution is 7.89. The second-order valence-corrected chi connectivity index (χ2v) is 11.6. The molecule has 0 aliphatic carbocycles. The molecule has 13 nitrogen and oxygen atoms in total. The molecule has 3 heterocycles. The molecule has 0 aliphatic rings. The number of nitrogens with one attached hydrogen (secondary N) is 1. The molecule has 15 heteroatoms. The number of anilines is 2. The molecule has 0 spiro atoms. The zero-order valence-corrected chi connectivity index (χ0v) is 24.7. The second kappa shape index (κ2) is 12.5. The molecular formula is C26H35FN8O5S. The molecule has 4 aromatic rings. The molecule has 222 valence electrons. The van der Waals surface area contributed by atoms with Crippen molar-refractivity contribution in [1.29, 1.82) is 0 Å². The highest BCUT2D eigenvalue weighted by atomic mass is 32.2. The number of aliphatic hydroxyl groups excluding tert-OH is 1. The predicted molar refractivity (Wildman–Crippen MR) is 150 cm³/mol. The summed E-state index contributed by atoms with van der Waals surface area (Å²) in [6.45, 7) is 9.42. The molecule has 0 aliphatic heterocycles. The van der Waals surface area contributed by atoms with E-state index in [1.54, 1.807) is 17.1 Å². The number of hydrogen-bond donors (Lipinski definition) is 2. The molecule has 0 amide bonds. The molecule has 1 atom stereocenters. The van der Waals surface area contributed by atoms with Crippen molar-refractivity contribution in [2.24, 2.45) is 0 Å². The first-order valence-electron chi connectivity index (χ1n) is 13.2. The average Bonchev–Trinajstić information content (AvgIpc) is 3.57. The summed E-state index contributed by atoms with van der Waals surface area (Å²) < 4.78 is 57.2. The molecule has 0 saturated heterocycles. The van der Waals surface area contributed by atoms with Gasteiger partial charge in [-0.05, 0) is 53.2 Å². The Labute approximate surface area is 238 Å². The lowest BCUT2D eigenvalue weighted by atomic mass is 10.2. The fourth-order valence-corrected chi connectivity index (χ4v) is 5.58.